The van der Waals surface area contributed by atoms with Crippen LogP contribution in [0.5, 0.6) is 0 Å². The van der Waals surface area contributed by atoms with Crippen molar-refractivity contribution in [2.75, 3.05) is 13.6 Å². The summed E-state index contributed by atoms with van der Waals surface area (Å²) in [5.41, 5.74) is 0.434. The number of hydrogen-bond acceptors (Lipinski definition) is 2. The molecule has 120 valence electrons. The maximum absolute atomic E-state index is 4.61. The molecule has 3 unspecified atom stereocenters. The molecule has 1 N–H and O–H groups in total. The summed E-state index contributed by atoms with van der Waals surface area (Å²) >= 11 is 0. The highest BCUT2D eigenvalue weighted by Gasteiger charge is 2.36. The maximum Gasteiger partial charge on any atom is 0.108 e. The number of imidazole rings is 1. The van der Waals surface area contributed by atoms with Crippen molar-refractivity contribution in [2.45, 2.75) is 59.9 Å². The molecule has 0 amide bonds. The Morgan fingerprint density at radius 1 is 1.29 bits per heavy atom. The van der Waals surface area contributed by atoms with E-state index in [4.69, 9.17) is 0 Å². The molecule has 1 fully saturated rings. The van der Waals surface area contributed by atoms with Crippen LogP contribution in [0.25, 0.3) is 0 Å². The number of aryl methyl sites for hydroxylation is 1. The lowest BCUT2D eigenvalue weighted by Gasteiger charge is -2.42. The topological polar surface area (TPSA) is 29.9 Å². The van der Waals surface area contributed by atoms with Crippen LogP contribution in [0.4, 0.5) is 0 Å². The zero-order valence-electron chi connectivity index (χ0n) is 14.5. The SMILES string of the molecule is CCn1ccnc1CC1CC(C(C)(C)C)CCC1CNC. The number of hydrogen-bond donors (Lipinski definition) is 1. The van der Waals surface area contributed by atoms with Crippen LogP contribution in [0.2, 0.25) is 0 Å². The fourth-order valence-corrected chi connectivity index (χ4v) is 3.95. The highest BCUT2D eigenvalue weighted by atomic mass is 15.1. The van der Waals surface area contributed by atoms with E-state index in [1.165, 1.54) is 25.1 Å². The molecule has 1 aromatic rings. The van der Waals surface area contributed by atoms with Crippen molar-refractivity contribution in [3.05, 3.63) is 18.2 Å². The van der Waals surface area contributed by atoms with E-state index in [2.05, 4.69) is 55.8 Å². The predicted octanol–water partition coefficient (Wildman–Crippen LogP) is 3.74. The monoisotopic (exact) mass is 291 g/mol. The first-order valence-corrected chi connectivity index (χ1v) is 8.60. The van der Waals surface area contributed by atoms with E-state index < -0.39 is 0 Å². The maximum atomic E-state index is 4.61. The summed E-state index contributed by atoms with van der Waals surface area (Å²) in [6.45, 7) is 11.6. The lowest BCUT2D eigenvalue weighted by atomic mass is 9.64. The molecule has 0 aromatic carbocycles. The van der Waals surface area contributed by atoms with Gasteiger partial charge in [-0.25, -0.2) is 4.98 Å². The van der Waals surface area contributed by atoms with E-state index in [-0.39, 0.29) is 0 Å². The lowest BCUT2D eigenvalue weighted by Crippen LogP contribution is -2.37. The average Bonchev–Trinajstić information content (AvgIpc) is 2.87. The van der Waals surface area contributed by atoms with Crippen LogP contribution in [0.1, 0.15) is 52.8 Å². The van der Waals surface area contributed by atoms with Gasteiger partial charge in [-0.1, -0.05) is 20.8 Å². The van der Waals surface area contributed by atoms with Crippen LogP contribution in [0, 0.1) is 23.2 Å². The standard InChI is InChI=1S/C18H33N3/c1-6-21-10-9-20-17(21)12-15-11-16(18(2,3)4)8-7-14(15)13-19-5/h9-10,14-16,19H,6-8,11-13H2,1-5H3. The molecule has 1 aliphatic rings. The van der Waals surface area contributed by atoms with Gasteiger partial charge in [-0.05, 0) is 62.9 Å². The quantitative estimate of drug-likeness (QED) is 0.895. The van der Waals surface area contributed by atoms with Gasteiger partial charge in [0.15, 0.2) is 0 Å². The summed E-state index contributed by atoms with van der Waals surface area (Å²) in [4.78, 5) is 4.61. The minimum Gasteiger partial charge on any atom is -0.335 e. The zero-order valence-corrected chi connectivity index (χ0v) is 14.5. The molecule has 0 saturated heterocycles. The van der Waals surface area contributed by atoms with E-state index in [9.17, 15) is 0 Å². The molecule has 3 heteroatoms. The molecule has 21 heavy (non-hydrogen) atoms. The first kappa shape index (κ1) is 16.5. The molecular weight excluding hydrogens is 258 g/mol. The second-order valence-corrected chi connectivity index (χ2v) is 7.79. The van der Waals surface area contributed by atoms with Crippen LogP contribution in [-0.2, 0) is 13.0 Å². The second-order valence-electron chi connectivity index (χ2n) is 7.79. The molecule has 2 rings (SSSR count). The predicted molar refractivity (Wildman–Crippen MR) is 89.3 cm³/mol. The van der Waals surface area contributed by atoms with E-state index in [0.717, 1.165) is 37.3 Å². The minimum atomic E-state index is 0.434. The smallest absolute Gasteiger partial charge is 0.108 e. The van der Waals surface area contributed by atoms with Crippen molar-refractivity contribution >= 4 is 0 Å². The lowest BCUT2D eigenvalue weighted by molar-refractivity contribution is 0.0965. The van der Waals surface area contributed by atoms with Gasteiger partial charge in [0.1, 0.15) is 5.82 Å². The van der Waals surface area contributed by atoms with Gasteiger partial charge in [-0.3, -0.25) is 0 Å². The van der Waals surface area contributed by atoms with Gasteiger partial charge in [-0.2, -0.15) is 0 Å². The summed E-state index contributed by atoms with van der Waals surface area (Å²) in [5, 5.41) is 3.40. The van der Waals surface area contributed by atoms with Crippen molar-refractivity contribution in [1.29, 1.82) is 0 Å². The van der Waals surface area contributed by atoms with Crippen LogP contribution in [-0.4, -0.2) is 23.1 Å². The Morgan fingerprint density at radius 3 is 2.67 bits per heavy atom. The Hall–Kier alpha value is -0.830. The number of nitrogens with one attached hydrogen (secondary N) is 1. The van der Waals surface area contributed by atoms with Crippen molar-refractivity contribution < 1.29 is 0 Å². The first-order chi connectivity index (χ1) is 9.95. The Morgan fingerprint density at radius 2 is 2.05 bits per heavy atom. The third-order valence-electron chi connectivity index (χ3n) is 5.42. The van der Waals surface area contributed by atoms with Gasteiger partial charge in [0.25, 0.3) is 0 Å². The average molecular weight is 291 g/mol. The van der Waals surface area contributed by atoms with Gasteiger partial charge < -0.3 is 9.88 Å². The highest BCUT2D eigenvalue weighted by molar-refractivity contribution is 4.97. The summed E-state index contributed by atoms with van der Waals surface area (Å²) in [6.07, 6.45) is 9.31. The molecule has 1 saturated carbocycles. The summed E-state index contributed by atoms with van der Waals surface area (Å²) in [5.74, 6) is 3.69. The highest BCUT2D eigenvalue weighted by Crippen LogP contribution is 2.43. The molecule has 0 spiro atoms. The molecule has 1 aliphatic carbocycles. The summed E-state index contributed by atoms with van der Waals surface area (Å²) < 4.78 is 2.30. The Balaban J connectivity index is 2.10. The third-order valence-corrected chi connectivity index (χ3v) is 5.42. The van der Waals surface area contributed by atoms with E-state index in [1.54, 1.807) is 0 Å². The van der Waals surface area contributed by atoms with Crippen LogP contribution >= 0.6 is 0 Å². The van der Waals surface area contributed by atoms with Crippen LogP contribution < -0.4 is 5.32 Å². The second kappa shape index (κ2) is 6.95. The molecule has 0 aliphatic heterocycles. The van der Waals surface area contributed by atoms with Crippen molar-refractivity contribution in [1.82, 2.24) is 14.9 Å². The van der Waals surface area contributed by atoms with Gasteiger partial charge in [0.2, 0.25) is 0 Å². The number of nitrogens with zero attached hydrogens (tertiary/aromatic N) is 2. The third kappa shape index (κ3) is 4.09. The number of rotatable bonds is 5. The molecule has 3 nitrogen and oxygen atoms in total. The normalized spacial score (nSPS) is 27.0. The largest absolute Gasteiger partial charge is 0.335 e. The first-order valence-electron chi connectivity index (χ1n) is 8.60. The van der Waals surface area contributed by atoms with Crippen LogP contribution in [0.15, 0.2) is 12.4 Å². The van der Waals surface area contributed by atoms with Crippen molar-refractivity contribution in [3.8, 4) is 0 Å². The van der Waals surface area contributed by atoms with E-state index in [0.29, 0.717) is 5.41 Å². The van der Waals surface area contributed by atoms with Gasteiger partial charge in [0, 0.05) is 25.4 Å². The van der Waals surface area contributed by atoms with E-state index in [1.807, 2.05) is 6.20 Å². The van der Waals surface area contributed by atoms with Crippen LogP contribution in [0.3, 0.4) is 0 Å². The van der Waals surface area contributed by atoms with E-state index >= 15 is 0 Å². The molecular formula is C18H33N3. The molecule has 0 bridgehead atoms. The molecule has 1 aromatic heterocycles. The van der Waals surface area contributed by atoms with Gasteiger partial charge >= 0.3 is 0 Å². The summed E-state index contributed by atoms with van der Waals surface area (Å²) in [7, 11) is 2.08. The zero-order chi connectivity index (χ0) is 15.5. The fraction of sp³-hybridized carbons (Fsp3) is 0.833. The molecule has 3 atom stereocenters. The molecule has 0 radical (unpaired) electrons. The van der Waals surface area contributed by atoms with Gasteiger partial charge in [-0.15, -0.1) is 0 Å². The Bertz CT molecular complexity index is 430. The molecule has 1 heterocycles. The Kier molecular flexibility index (Phi) is 5.48. The number of aromatic nitrogens is 2. The fourth-order valence-electron chi connectivity index (χ4n) is 3.95. The summed E-state index contributed by atoms with van der Waals surface area (Å²) in [6, 6.07) is 0. The minimum absolute atomic E-state index is 0.434. The van der Waals surface area contributed by atoms with Gasteiger partial charge in [0.05, 0.1) is 0 Å². The Labute approximate surface area is 130 Å². The van der Waals surface area contributed by atoms with Crippen molar-refractivity contribution in [3.63, 3.8) is 0 Å². The van der Waals surface area contributed by atoms with Crippen molar-refractivity contribution in [2.24, 2.45) is 23.2 Å².